The van der Waals surface area contributed by atoms with Gasteiger partial charge in [0.15, 0.2) is 0 Å². The Hall–Kier alpha value is -1.28. The second-order valence-electron chi connectivity index (χ2n) is 4.36. The Morgan fingerprint density at radius 3 is 2.65 bits per heavy atom. The third kappa shape index (κ3) is 2.52. The molecule has 0 N–H and O–H groups in total. The highest BCUT2D eigenvalue weighted by molar-refractivity contribution is 6.30. The van der Waals surface area contributed by atoms with Crippen molar-refractivity contribution in [2.75, 3.05) is 0 Å². The van der Waals surface area contributed by atoms with Crippen LogP contribution in [0.1, 0.15) is 29.3 Å². The first-order chi connectivity index (χ1) is 8.11. The lowest BCUT2D eigenvalue weighted by Gasteiger charge is -2.04. The molecule has 17 heavy (non-hydrogen) atoms. The number of aromatic nitrogens is 2. The molecule has 2 nitrogen and oxygen atoms in total. The molecule has 2 aromatic rings. The van der Waals surface area contributed by atoms with Crippen molar-refractivity contribution >= 4 is 11.6 Å². The number of hydrogen-bond acceptors (Lipinski definition) is 1. The molecule has 0 fully saturated rings. The van der Waals surface area contributed by atoms with E-state index in [4.69, 9.17) is 11.6 Å². The van der Waals surface area contributed by atoms with Crippen molar-refractivity contribution in [2.24, 2.45) is 0 Å². The van der Waals surface area contributed by atoms with E-state index in [1.54, 1.807) is 0 Å². The van der Waals surface area contributed by atoms with Gasteiger partial charge in [0, 0.05) is 5.56 Å². The highest BCUT2D eigenvalue weighted by Crippen LogP contribution is 2.20. The van der Waals surface area contributed by atoms with E-state index >= 15 is 0 Å². The number of benzene rings is 1. The normalized spacial score (nSPS) is 10.8. The molecule has 0 unspecified atom stereocenters. The molecule has 1 heterocycles. The molecular weight excluding hydrogens is 232 g/mol. The van der Waals surface area contributed by atoms with E-state index < -0.39 is 0 Å². The lowest BCUT2D eigenvalue weighted by atomic mass is 10.1. The third-order valence-corrected chi connectivity index (χ3v) is 3.44. The topological polar surface area (TPSA) is 17.8 Å². The fraction of sp³-hybridized carbons (Fsp3) is 0.357. The van der Waals surface area contributed by atoms with Crippen LogP contribution in [0.25, 0.3) is 0 Å². The van der Waals surface area contributed by atoms with Crippen LogP contribution in [0.15, 0.2) is 24.3 Å². The van der Waals surface area contributed by atoms with Crippen LogP contribution < -0.4 is 0 Å². The minimum absolute atomic E-state index is 0.737. The summed E-state index contributed by atoms with van der Waals surface area (Å²) in [5, 5.41) is 5.29. The molecule has 0 atom stereocenters. The van der Waals surface area contributed by atoms with E-state index in [-0.39, 0.29) is 0 Å². The number of rotatable bonds is 3. The number of nitrogens with zero attached hydrogens (tertiary/aromatic N) is 2. The highest BCUT2D eigenvalue weighted by atomic mass is 35.5. The zero-order valence-electron chi connectivity index (χ0n) is 10.5. The van der Waals surface area contributed by atoms with E-state index in [0.29, 0.717) is 0 Å². The van der Waals surface area contributed by atoms with E-state index in [1.165, 1.54) is 11.1 Å². The molecule has 1 aromatic heterocycles. The van der Waals surface area contributed by atoms with Gasteiger partial charge in [0.25, 0.3) is 0 Å². The average molecular weight is 249 g/mol. The van der Waals surface area contributed by atoms with Crippen molar-refractivity contribution in [3.63, 3.8) is 0 Å². The molecule has 90 valence electrons. The first-order valence-electron chi connectivity index (χ1n) is 5.89. The molecule has 0 aliphatic carbocycles. The Bertz CT molecular complexity index is 529. The maximum atomic E-state index is 6.28. The van der Waals surface area contributed by atoms with Gasteiger partial charge >= 0.3 is 0 Å². The zero-order chi connectivity index (χ0) is 12.4. The summed E-state index contributed by atoms with van der Waals surface area (Å²) in [5.41, 5.74) is 4.68. The molecule has 0 amide bonds. The molecule has 0 aliphatic heterocycles. The van der Waals surface area contributed by atoms with Crippen LogP contribution in [-0.2, 0) is 13.0 Å². The van der Waals surface area contributed by atoms with Gasteiger partial charge in [-0.15, -0.1) is 0 Å². The maximum absolute atomic E-state index is 6.28. The van der Waals surface area contributed by atoms with Gasteiger partial charge in [-0.25, -0.2) is 4.68 Å². The summed E-state index contributed by atoms with van der Waals surface area (Å²) in [4.78, 5) is 0. The zero-order valence-corrected chi connectivity index (χ0v) is 11.3. The Labute approximate surface area is 107 Å². The first kappa shape index (κ1) is 12.2. The lowest BCUT2D eigenvalue weighted by Crippen LogP contribution is -2.02. The largest absolute Gasteiger partial charge is 0.249 e. The van der Waals surface area contributed by atoms with Crippen LogP contribution >= 0.6 is 11.6 Å². The van der Waals surface area contributed by atoms with Crippen molar-refractivity contribution in [1.82, 2.24) is 9.78 Å². The average Bonchev–Trinajstić information content (AvgIpc) is 2.57. The predicted octanol–water partition coefficient (Wildman–Crippen LogP) is 3.76. The summed E-state index contributed by atoms with van der Waals surface area (Å²) < 4.78 is 1.88. The standard InChI is InChI=1S/C14H17ClN2/c1-4-13-11(3)14(15)17(16-13)9-12-7-5-6-10(2)8-12/h5-8H,4,9H2,1-3H3. The third-order valence-electron chi connectivity index (χ3n) is 2.96. The van der Waals surface area contributed by atoms with E-state index in [9.17, 15) is 0 Å². The molecule has 0 saturated carbocycles. The van der Waals surface area contributed by atoms with Gasteiger partial charge in [-0.1, -0.05) is 48.4 Å². The fourth-order valence-electron chi connectivity index (χ4n) is 2.00. The molecule has 0 saturated heterocycles. The Balaban J connectivity index is 2.30. The smallest absolute Gasteiger partial charge is 0.130 e. The van der Waals surface area contributed by atoms with Crippen LogP contribution in [0.4, 0.5) is 0 Å². The molecule has 0 aliphatic rings. The summed E-state index contributed by atoms with van der Waals surface area (Å²) in [7, 11) is 0. The molecule has 3 heteroatoms. The van der Waals surface area contributed by atoms with E-state index in [2.05, 4.69) is 43.2 Å². The van der Waals surface area contributed by atoms with Crippen molar-refractivity contribution in [3.05, 3.63) is 51.8 Å². The first-order valence-corrected chi connectivity index (χ1v) is 6.27. The summed E-state index contributed by atoms with van der Waals surface area (Å²) >= 11 is 6.28. The monoisotopic (exact) mass is 248 g/mol. The van der Waals surface area contributed by atoms with Crippen molar-refractivity contribution in [1.29, 1.82) is 0 Å². The second kappa shape index (κ2) is 4.92. The second-order valence-corrected chi connectivity index (χ2v) is 4.72. The molecule has 0 radical (unpaired) electrons. The van der Waals surface area contributed by atoms with Gasteiger partial charge in [0.05, 0.1) is 12.2 Å². The van der Waals surface area contributed by atoms with Crippen molar-refractivity contribution in [3.8, 4) is 0 Å². The van der Waals surface area contributed by atoms with Gasteiger partial charge in [0.2, 0.25) is 0 Å². The van der Waals surface area contributed by atoms with Gasteiger partial charge in [-0.2, -0.15) is 5.10 Å². The fourth-order valence-corrected chi connectivity index (χ4v) is 2.21. The van der Waals surface area contributed by atoms with E-state index in [1.807, 2.05) is 11.6 Å². The van der Waals surface area contributed by atoms with Crippen molar-refractivity contribution in [2.45, 2.75) is 33.7 Å². The van der Waals surface area contributed by atoms with Gasteiger partial charge in [-0.3, -0.25) is 0 Å². The van der Waals surface area contributed by atoms with Gasteiger partial charge < -0.3 is 0 Å². The molecule has 0 spiro atoms. The Kier molecular flexibility index (Phi) is 3.53. The number of halogens is 1. The number of hydrogen-bond donors (Lipinski definition) is 0. The summed E-state index contributed by atoms with van der Waals surface area (Å²) in [6.45, 7) is 6.96. The van der Waals surface area contributed by atoms with Crippen LogP contribution in [0.5, 0.6) is 0 Å². The minimum Gasteiger partial charge on any atom is -0.249 e. The summed E-state index contributed by atoms with van der Waals surface area (Å²) in [6, 6.07) is 8.43. The Morgan fingerprint density at radius 1 is 1.29 bits per heavy atom. The quantitative estimate of drug-likeness (QED) is 0.809. The molecule has 2 rings (SSSR count). The van der Waals surface area contributed by atoms with Crippen LogP contribution in [-0.4, -0.2) is 9.78 Å². The maximum Gasteiger partial charge on any atom is 0.130 e. The van der Waals surface area contributed by atoms with E-state index in [0.717, 1.165) is 29.4 Å². The summed E-state index contributed by atoms with van der Waals surface area (Å²) in [5.74, 6) is 0. The van der Waals surface area contributed by atoms with Gasteiger partial charge in [-0.05, 0) is 25.8 Å². The van der Waals surface area contributed by atoms with Crippen LogP contribution in [0.3, 0.4) is 0 Å². The van der Waals surface area contributed by atoms with Crippen molar-refractivity contribution < 1.29 is 0 Å². The SMILES string of the molecule is CCc1nn(Cc2cccc(C)c2)c(Cl)c1C. The Morgan fingerprint density at radius 2 is 2.06 bits per heavy atom. The van der Waals surface area contributed by atoms with Crippen LogP contribution in [0.2, 0.25) is 5.15 Å². The molecular formula is C14H17ClN2. The molecule has 1 aromatic carbocycles. The lowest BCUT2D eigenvalue weighted by molar-refractivity contribution is 0.674. The summed E-state index contributed by atoms with van der Waals surface area (Å²) in [6.07, 6.45) is 0.923. The van der Waals surface area contributed by atoms with Crippen LogP contribution in [0, 0.1) is 13.8 Å². The number of aryl methyl sites for hydroxylation is 2. The minimum atomic E-state index is 0.737. The van der Waals surface area contributed by atoms with Gasteiger partial charge in [0.1, 0.15) is 5.15 Å². The predicted molar refractivity (Wildman–Crippen MR) is 71.6 cm³/mol. The highest BCUT2D eigenvalue weighted by Gasteiger charge is 2.11. The molecule has 0 bridgehead atoms.